The lowest BCUT2D eigenvalue weighted by Gasteiger charge is -2.24. The lowest BCUT2D eigenvalue weighted by Crippen LogP contribution is -2.36. The molecule has 0 bridgehead atoms. The van der Waals surface area contributed by atoms with Gasteiger partial charge in [0.1, 0.15) is 11.6 Å². The number of nitrogen functional groups attached to an aromatic ring is 1. The Labute approximate surface area is 130 Å². The number of aromatic nitrogens is 2. The highest BCUT2D eigenvalue weighted by Crippen LogP contribution is 2.24. The number of hydrogen-bond donors (Lipinski definition) is 1. The van der Waals surface area contributed by atoms with Crippen molar-refractivity contribution in [2.75, 3.05) is 5.73 Å². The van der Waals surface area contributed by atoms with Crippen molar-refractivity contribution < 1.29 is 19.2 Å². The molecule has 1 aromatic heterocycles. The molecule has 21 heavy (non-hydrogen) atoms. The number of ketones is 2. The van der Waals surface area contributed by atoms with E-state index < -0.39 is 61.1 Å². The summed E-state index contributed by atoms with van der Waals surface area (Å²) in [5, 5.41) is -0.331. The number of rotatable bonds is 1. The molecular weight excluding hydrogens is 270 g/mol. The first kappa shape index (κ1) is 7.49. The van der Waals surface area contributed by atoms with E-state index in [2.05, 4.69) is 4.98 Å². The van der Waals surface area contributed by atoms with Crippen LogP contribution in [0, 0.1) is 6.88 Å². The van der Waals surface area contributed by atoms with Crippen molar-refractivity contribution in [2.24, 2.45) is 0 Å². The predicted octanol–water partition coefficient (Wildman–Crippen LogP) is 1.15. The minimum Gasteiger partial charge on any atom is -0.398 e. The maximum Gasteiger partial charge on any atom is 0.264 e. The zero-order valence-corrected chi connectivity index (χ0v) is 10.7. The maximum atomic E-state index is 13.1. The van der Waals surface area contributed by atoms with Gasteiger partial charge in [0, 0.05) is 18.9 Å². The number of hydrogen-bond acceptors (Lipinski definition) is 5. The van der Waals surface area contributed by atoms with E-state index in [0.717, 1.165) is 6.07 Å². The van der Waals surface area contributed by atoms with Gasteiger partial charge < -0.3 is 5.73 Å². The second-order valence-electron chi connectivity index (χ2n) is 4.56. The first-order valence-electron chi connectivity index (χ1n) is 9.77. The van der Waals surface area contributed by atoms with Crippen LogP contribution in [-0.2, 0) is 9.59 Å². The Morgan fingerprint density at radius 2 is 2.33 bits per heavy atom. The molecule has 1 aromatic carbocycles. The molecule has 0 saturated heterocycles. The number of Topliss-reactive ketones (excluding diaryl/α,β-unsaturated/α-hetero) is 2. The van der Waals surface area contributed by atoms with Gasteiger partial charge >= 0.3 is 0 Å². The standard InChI is InChI=1S/C15H15N3O3/c1-8-17-11-4-2-3-10(16)14(11)15(21)18(8)12-6-5-9(19)7-13(12)20/h2-4,12H,5-7,16H2,1H3/i1D2,2D,4D,5D2,6D. The van der Waals surface area contributed by atoms with Crippen LogP contribution >= 0.6 is 0 Å². The van der Waals surface area contributed by atoms with Crippen LogP contribution in [0.2, 0.25) is 0 Å². The highest BCUT2D eigenvalue weighted by atomic mass is 16.2. The van der Waals surface area contributed by atoms with Crippen molar-refractivity contribution in [3.63, 3.8) is 0 Å². The summed E-state index contributed by atoms with van der Waals surface area (Å²) >= 11 is 0. The summed E-state index contributed by atoms with van der Waals surface area (Å²) in [6.07, 6.45) is -5.56. The fourth-order valence-electron chi connectivity index (χ4n) is 2.22. The molecule has 1 fully saturated rings. The van der Waals surface area contributed by atoms with Crippen molar-refractivity contribution in [3.8, 4) is 0 Å². The highest BCUT2D eigenvalue weighted by molar-refractivity contribution is 6.03. The van der Waals surface area contributed by atoms with Crippen molar-refractivity contribution in [2.45, 2.75) is 32.1 Å². The number of anilines is 1. The van der Waals surface area contributed by atoms with Gasteiger partial charge in [-0.25, -0.2) is 4.98 Å². The lowest BCUT2D eigenvalue weighted by atomic mass is 9.92. The molecule has 0 spiro atoms. The van der Waals surface area contributed by atoms with Crippen LogP contribution in [0.15, 0.2) is 22.9 Å². The zero-order chi connectivity index (χ0) is 21.1. The SMILES string of the molecule is [2H]c1cc(N)c2c(=O)n(C3C(=O)CC(=O)C([2H])([2H])C3[2H])c(C([2H])[2H])nc2c1[2H]. The molecular formula is C15H15N3O3. The Balaban J connectivity index is 2.42. The van der Waals surface area contributed by atoms with E-state index in [1.54, 1.807) is 0 Å². The lowest BCUT2D eigenvalue weighted by molar-refractivity contribution is -0.132. The molecule has 1 aliphatic carbocycles. The summed E-state index contributed by atoms with van der Waals surface area (Å²) in [4.78, 5) is 41.3. The van der Waals surface area contributed by atoms with Gasteiger partial charge in [0.25, 0.3) is 5.56 Å². The van der Waals surface area contributed by atoms with Crippen LogP contribution in [0.25, 0.3) is 10.9 Å². The Bertz CT molecular complexity index is 1080. The second-order valence-corrected chi connectivity index (χ2v) is 4.56. The van der Waals surface area contributed by atoms with E-state index in [1.165, 1.54) is 0 Å². The van der Waals surface area contributed by atoms with E-state index in [-0.39, 0.29) is 22.6 Å². The fourth-order valence-corrected chi connectivity index (χ4v) is 2.22. The molecule has 0 radical (unpaired) electrons. The Morgan fingerprint density at radius 3 is 3.10 bits per heavy atom. The van der Waals surface area contributed by atoms with Gasteiger partial charge in [0.05, 0.1) is 26.1 Å². The van der Waals surface area contributed by atoms with Gasteiger partial charge in [-0.05, 0) is 25.4 Å². The van der Waals surface area contributed by atoms with E-state index in [9.17, 15) is 14.4 Å². The van der Waals surface area contributed by atoms with Gasteiger partial charge in [-0.3, -0.25) is 19.0 Å². The minimum absolute atomic E-state index is 0.218. The van der Waals surface area contributed by atoms with Crippen molar-refractivity contribution >= 4 is 28.2 Å². The Morgan fingerprint density at radius 1 is 1.52 bits per heavy atom. The first-order chi connectivity index (χ1) is 12.9. The highest BCUT2D eigenvalue weighted by Gasteiger charge is 2.30. The Kier molecular flexibility index (Phi) is 1.71. The van der Waals surface area contributed by atoms with Gasteiger partial charge in [-0.2, -0.15) is 0 Å². The number of aryl methyl sites for hydroxylation is 1. The van der Waals surface area contributed by atoms with E-state index in [1.807, 2.05) is 0 Å². The average Bonchev–Trinajstić information content (AvgIpc) is 2.59. The third-order valence-electron chi connectivity index (χ3n) is 3.19. The number of nitrogens with zero attached hydrogens (tertiary/aromatic N) is 2. The van der Waals surface area contributed by atoms with Crippen molar-refractivity contribution in [1.82, 2.24) is 9.55 Å². The fraction of sp³-hybridized carbons (Fsp3) is 0.333. The third kappa shape index (κ3) is 2.12. The molecule has 0 amide bonds. The van der Waals surface area contributed by atoms with Crippen LogP contribution in [0.1, 0.15) is 40.7 Å². The van der Waals surface area contributed by atoms with E-state index in [4.69, 9.17) is 15.3 Å². The van der Waals surface area contributed by atoms with Crippen LogP contribution < -0.4 is 11.3 Å². The second kappa shape index (κ2) is 4.80. The molecule has 0 aliphatic heterocycles. The first-order valence-corrected chi connectivity index (χ1v) is 6.04. The van der Waals surface area contributed by atoms with Gasteiger partial charge in [0.15, 0.2) is 5.78 Å². The van der Waals surface area contributed by atoms with Crippen LogP contribution in [0.3, 0.4) is 0 Å². The van der Waals surface area contributed by atoms with Gasteiger partial charge in [-0.15, -0.1) is 0 Å². The molecule has 2 unspecified atom stereocenters. The van der Waals surface area contributed by atoms with E-state index >= 15 is 0 Å². The smallest absolute Gasteiger partial charge is 0.264 e. The monoisotopic (exact) mass is 292 g/mol. The summed E-state index contributed by atoms with van der Waals surface area (Å²) in [5.41, 5.74) is 4.21. The molecule has 108 valence electrons. The van der Waals surface area contributed by atoms with Crippen LogP contribution in [0.5, 0.6) is 0 Å². The van der Waals surface area contributed by atoms with Crippen molar-refractivity contribution in [3.05, 3.63) is 34.3 Å². The summed E-state index contributed by atoms with van der Waals surface area (Å²) in [6.45, 7) is -1.92. The third-order valence-corrected chi connectivity index (χ3v) is 3.19. The van der Waals surface area contributed by atoms with Gasteiger partial charge in [0.2, 0.25) is 0 Å². The normalized spacial score (nSPS) is 30.0. The number of carbonyl (C=O) groups excluding carboxylic acids is 2. The Hall–Kier alpha value is -2.50. The maximum absolute atomic E-state index is 13.1. The minimum atomic E-state index is -2.72. The molecule has 1 heterocycles. The van der Waals surface area contributed by atoms with Crippen LogP contribution in [0.4, 0.5) is 5.69 Å². The summed E-state index contributed by atoms with van der Waals surface area (Å²) < 4.78 is 55.2. The van der Waals surface area contributed by atoms with Gasteiger partial charge in [-0.1, -0.05) is 6.04 Å². The average molecular weight is 292 g/mol. The number of fused-ring (bicyclic) bond motifs is 1. The number of nitrogens with two attached hydrogens (primary N) is 1. The predicted molar refractivity (Wildman–Crippen MR) is 78.1 cm³/mol. The molecule has 6 heteroatoms. The molecule has 1 aliphatic rings. The number of benzene rings is 1. The van der Waals surface area contributed by atoms with E-state index in [0.29, 0.717) is 4.57 Å². The quantitative estimate of drug-likeness (QED) is 0.628. The molecule has 2 aromatic rings. The summed E-state index contributed by atoms with van der Waals surface area (Å²) in [5.74, 6) is -2.60. The van der Waals surface area contributed by atoms with Crippen LogP contribution in [-0.4, -0.2) is 21.1 Å². The molecule has 1 saturated carbocycles. The molecule has 2 N–H and O–H groups in total. The largest absolute Gasteiger partial charge is 0.398 e. The summed E-state index contributed by atoms with van der Waals surface area (Å²) in [7, 11) is 0. The topological polar surface area (TPSA) is 95.0 Å². The number of carbonyl (C=O) groups is 2. The van der Waals surface area contributed by atoms with Crippen molar-refractivity contribution in [1.29, 1.82) is 0 Å². The molecule has 2 atom stereocenters. The molecule has 6 nitrogen and oxygen atoms in total. The summed E-state index contributed by atoms with van der Waals surface area (Å²) in [6, 6.07) is -1.53. The zero-order valence-electron chi connectivity index (χ0n) is 17.7. The molecule has 3 rings (SSSR count).